The first-order valence-electron chi connectivity index (χ1n) is 22.2. The molecule has 15 nitrogen and oxygen atoms in total. The fourth-order valence-corrected chi connectivity index (χ4v) is 13.0. The smallest absolute Gasteiger partial charge is 0.338 e. The summed E-state index contributed by atoms with van der Waals surface area (Å²) in [5.74, 6) is 0.332. The Labute approximate surface area is 357 Å². The summed E-state index contributed by atoms with van der Waals surface area (Å²) in [7, 11) is 0. The van der Waals surface area contributed by atoms with Crippen LogP contribution in [0.15, 0.2) is 47.6 Å². The van der Waals surface area contributed by atoms with E-state index in [9.17, 15) is 45.6 Å². The number of hydrogen-bond donors (Lipinski definition) is 8. The van der Waals surface area contributed by atoms with Crippen LogP contribution in [0.25, 0.3) is 0 Å². The van der Waals surface area contributed by atoms with Gasteiger partial charge in [-0.1, -0.05) is 37.1 Å². The molecule has 7 aliphatic rings. The van der Waals surface area contributed by atoms with Gasteiger partial charge in [0, 0.05) is 17.9 Å². The molecule has 0 amide bonds. The van der Waals surface area contributed by atoms with E-state index in [1.807, 2.05) is 13.8 Å². The number of phenols is 1. The highest BCUT2D eigenvalue weighted by molar-refractivity contribution is 5.89. The Morgan fingerprint density at radius 2 is 1.59 bits per heavy atom. The first kappa shape index (κ1) is 45.1. The lowest BCUT2D eigenvalue weighted by molar-refractivity contribution is -0.369. The number of phenolic OH excluding ortho intramolecular Hbond substituents is 1. The van der Waals surface area contributed by atoms with Gasteiger partial charge in [0.05, 0.1) is 30.5 Å². The molecule has 8 rings (SSSR count). The third kappa shape index (κ3) is 7.92. The molecular weight excluding hydrogens is 792 g/mol. The Hall–Kier alpha value is -2.51. The second kappa shape index (κ2) is 17.5. The number of carbonyl (C=O) groups is 1. The van der Waals surface area contributed by atoms with Crippen molar-refractivity contribution in [3.05, 3.63) is 53.1 Å². The number of benzene rings is 1. The number of hydrogen-bond acceptors (Lipinski definition) is 15. The number of ether oxygens (including phenoxy) is 6. The fraction of sp³-hybridized carbons (Fsp3) is 0.761. The molecule has 340 valence electrons. The first-order valence-corrected chi connectivity index (χ1v) is 22.2. The molecule has 61 heavy (non-hydrogen) atoms. The van der Waals surface area contributed by atoms with E-state index < -0.39 is 80.3 Å². The van der Waals surface area contributed by atoms with Crippen LogP contribution in [-0.2, 0) is 28.4 Å². The van der Waals surface area contributed by atoms with Crippen LogP contribution in [0.5, 0.6) is 5.75 Å². The number of carbonyl (C=O) groups excluding carboxylic acids is 1. The van der Waals surface area contributed by atoms with Crippen LogP contribution >= 0.6 is 0 Å². The van der Waals surface area contributed by atoms with Crippen molar-refractivity contribution >= 4 is 5.97 Å². The van der Waals surface area contributed by atoms with Crippen molar-refractivity contribution < 1.29 is 74.1 Å². The lowest BCUT2D eigenvalue weighted by Crippen LogP contribution is -2.64. The molecule has 3 aliphatic heterocycles. The summed E-state index contributed by atoms with van der Waals surface area (Å²) in [6, 6.07) is 5.34. The van der Waals surface area contributed by atoms with Crippen LogP contribution in [0.1, 0.15) is 89.9 Å². The highest BCUT2D eigenvalue weighted by Gasteiger charge is 2.66. The molecule has 15 heteroatoms. The normalized spacial score (nSPS) is 48.1. The minimum atomic E-state index is -1.76. The van der Waals surface area contributed by atoms with Gasteiger partial charge in [-0.15, -0.1) is 0 Å². The molecule has 4 aliphatic carbocycles. The molecule has 1 aromatic rings. The molecule has 8 N–H and O–H groups in total. The van der Waals surface area contributed by atoms with Gasteiger partial charge in [-0.2, -0.15) is 0 Å². The predicted molar refractivity (Wildman–Crippen MR) is 216 cm³/mol. The number of aliphatic hydroxyl groups is 7. The first-order chi connectivity index (χ1) is 29.0. The van der Waals surface area contributed by atoms with Crippen molar-refractivity contribution in [3.8, 4) is 5.75 Å². The van der Waals surface area contributed by atoms with Crippen molar-refractivity contribution in [3.63, 3.8) is 0 Å². The van der Waals surface area contributed by atoms with Gasteiger partial charge in [-0.25, -0.2) is 4.79 Å². The molecule has 3 saturated carbocycles. The fourth-order valence-electron chi connectivity index (χ4n) is 13.0. The standard InChI is InChI=1S/C46H66O15/c1-21(2)16-29-22(3)34-32(58-42(29)55)18-31-28-11-8-25-17-27(12-14-45(25,5)30(28)13-15-46(31,34)20-48)57-44-40(36(51)35(50)33(19-47)59-44)61-43-38(53)37(52)39(23(4)56-43)60-41(54)24-6-9-26(49)10-7-24/h6-10,16,22-23,27-40,42-44,47-53,55H,11-15,17-20H2,1-5H3/t22-,23+,27+,28-,29-,30+,31+,32+,33-,34+,35-,36+,37-,38-,39+,40-,42-,43+,44-,45+,46-/m1/s1. The van der Waals surface area contributed by atoms with Crippen LogP contribution in [0.4, 0.5) is 0 Å². The second-order valence-corrected chi connectivity index (χ2v) is 19.6. The number of aromatic hydroxyl groups is 1. The molecule has 1 aromatic carbocycles. The van der Waals surface area contributed by atoms with Gasteiger partial charge >= 0.3 is 5.97 Å². The van der Waals surface area contributed by atoms with Crippen molar-refractivity contribution in [2.45, 2.75) is 159 Å². The molecular formula is C46H66O15. The molecule has 0 spiro atoms. The van der Waals surface area contributed by atoms with Crippen molar-refractivity contribution in [2.75, 3.05) is 13.2 Å². The molecule has 3 saturated heterocycles. The summed E-state index contributed by atoms with van der Waals surface area (Å²) < 4.78 is 36.5. The number of rotatable bonds is 9. The zero-order valence-electron chi connectivity index (χ0n) is 35.7. The van der Waals surface area contributed by atoms with Gasteiger partial charge in [0.15, 0.2) is 25.0 Å². The highest BCUT2D eigenvalue weighted by Crippen LogP contribution is 2.69. The minimum Gasteiger partial charge on any atom is -0.508 e. The van der Waals surface area contributed by atoms with Crippen LogP contribution in [-0.4, -0.2) is 140 Å². The van der Waals surface area contributed by atoms with E-state index in [2.05, 4.69) is 26.0 Å². The van der Waals surface area contributed by atoms with Crippen molar-refractivity contribution in [1.29, 1.82) is 0 Å². The summed E-state index contributed by atoms with van der Waals surface area (Å²) in [6.07, 6.45) is -5.66. The molecule has 21 atom stereocenters. The zero-order valence-corrected chi connectivity index (χ0v) is 35.7. The Bertz CT molecular complexity index is 1780. The van der Waals surface area contributed by atoms with Gasteiger partial charge in [0.25, 0.3) is 0 Å². The van der Waals surface area contributed by atoms with Crippen LogP contribution < -0.4 is 0 Å². The Kier molecular flexibility index (Phi) is 12.9. The quantitative estimate of drug-likeness (QED) is 0.132. The Morgan fingerprint density at radius 1 is 0.869 bits per heavy atom. The molecule has 3 heterocycles. The van der Waals surface area contributed by atoms with Crippen LogP contribution in [0, 0.1) is 46.3 Å². The maximum Gasteiger partial charge on any atom is 0.338 e. The lowest BCUT2D eigenvalue weighted by atomic mass is 9.46. The molecule has 0 unspecified atom stereocenters. The number of fused-ring (bicyclic) bond motifs is 7. The van der Waals surface area contributed by atoms with Gasteiger partial charge < -0.3 is 69.3 Å². The third-order valence-electron chi connectivity index (χ3n) is 16.1. The summed E-state index contributed by atoms with van der Waals surface area (Å²) in [5.41, 5.74) is 2.15. The van der Waals surface area contributed by atoms with E-state index in [0.717, 1.165) is 37.7 Å². The van der Waals surface area contributed by atoms with E-state index in [1.54, 1.807) is 0 Å². The number of allylic oxidation sites excluding steroid dienone is 2. The van der Waals surface area contributed by atoms with Gasteiger partial charge in [-0.05, 0) is 125 Å². The maximum atomic E-state index is 12.8. The SMILES string of the molecule is CC(C)=C[C@@H]1[C@@H](C)[C@H]2[C@H](C[C@H]3[C@@H]4CC=C5C[C@@H](O[C@@H]6O[C@H](CO)[C@@H](O)[C@H](O)[C@H]6O[C@@H]6O[C@@H](C)[C@H](OC(=O)c7ccc(O)cc7)[C@H](O)[C@H]6O)CC[C@]5(C)[C@H]4CC[C@]23CO)O[C@H]1O. The van der Waals surface area contributed by atoms with E-state index in [1.165, 1.54) is 36.8 Å². The van der Waals surface area contributed by atoms with Crippen LogP contribution in [0.3, 0.4) is 0 Å². The summed E-state index contributed by atoms with van der Waals surface area (Å²) >= 11 is 0. The topological polar surface area (TPSA) is 234 Å². The van der Waals surface area contributed by atoms with Gasteiger partial charge in [0.1, 0.15) is 42.4 Å². The third-order valence-corrected chi connectivity index (χ3v) is 16.1. The second-order valence-electron chi connectivity index (χ2n) is 19.6. The largest absolute Gasteiger partial charge is 0.508 e. The average molecular weight is 859 g/mol. The highest BCUT2D eigenvalue weighted by atomic mass is 16.8. The van der Waals surface area contributed by atoms with E-state index >= 15 is 0 Å². The van der Waals surface area contributed by atoms with E-state index in [-0.39, 0.29) is 64.6 Å². The maximum absolute atomic E-state index is 12.8. The van der Waals surface area contributed by atoms with E-state index in [0.29, 0.717) is 24.7 Å². The van der Waals surface area contributed by atoms with Gasteiger partial charge in [0.2, 0.25) is 0 Å². The number of esters is 1. The Balaban J connectivity index is 0.956. The summed E-state index contributed by atoms with van der Waals surface area (Å²) in [5, 5.41) is 86.5. The molecule has 0 bridgehead atoms. The Morgan fingerprint density at radius 3 is 2.28 bits per heavy atom. The molecule has 0 radical (unpaired) electrons. The summed E-state index contributed by atoms with van der Waals surface area (Å²) in [6.45, 7) is 9.68. The molecule has 0 aromatic heterocycles. The average Bonchev–Trinajstić information content (AvgIpc) is 3.57. The minimum absolute atomic E-state index is 0.0436. The van der Waals surface area contributed by atoms with Crippen LogP contribution in [0.2, 0.25) is 0 Å². The lowest BCUT2D eigenvalue weighted by Gasteiger charge is -2.59. The van der Waals surface area contributed by atoms with Crippen molar-refractivity contribution in [1.82, 2.24) is 0 Å². The molecule has 6 fully saturated rings. The monoisotopic (exact) mass is 858 g/mol. The zero-order chi connectivity index (χ0) is 43.7. The van der Waals surface area contributed by atoms with Gasteiger partial charge in [-0.3, -0.25) is 0 Å². The summed E-state index contributed by atoms with van der Waals surface area (Å²) in [4.78, 5) is 12.8. The van der Waals surface area contributed by atoms with Crippen molar-refractivity contribution in [2.24, 2.45) is 46.3 Å². The predicted octanol–water partition coefficient (Wildman–Crippen LogP) is 2.69. The van der Waals surface area contributed by atoms with E-state index in [4.69, 9.17) is 28.4 Å². The number of aliphatic hydroxyl groups excluding tert-OH is 7.